The molecule has 0 aliphatic heterocycles. The molecule has 0 saturated carbocycles. The lowest BCUT2D eigenvalue weighted by Crippen LogP contribution is -2.37. The lowest BCUT2D eigenvalue weighted by Gasteiger charge is -2.26. The Bertz CT molecular complexity index is 2230. The van der Waals surface area contributed by atoms with Crippen molar-refractivity contribution < 1.29 is 72.3 Å². The first-order chi connectivity index (χ1) is 30.1. The highest BCUT2D eigenvalue weighted by molar-refractivity contribution is 5.98. The van der Waals surface area contributed by atoms with Crippen molar-refractivity contribution in [1.82, 2.24) is 0 Å². The summed E-state index contributed by atoms with van der Waals surface area (Å²) in [6.45, 7) is -0.787. The molecule has 0 bridgehead atoms. The first-order valence-electron chi connectivity index (χ1n) is 18.7. The van der Waals surface area contributed by atoms with Crippen LogP contribution in [0.15, 0.2) is 164 Å². The first kappa shape index (κ1) is 43.1. The SMILES string of the molecule is CC(COC(=O)OOC(=O)c1ccccc1-c1ccccc1)(COC(=O)OOC(=O)c1ccccc1-c1ccccc1)COC(=O)OOC(=O)c1ccccc1-c1ccccc1. The van der Waals surface area contributed by atoms with Gasteiger partial charge in [0, 0.05) is 0 Å². The van der Waals surface area contributed by atoms with Gasteiger partial charge in [-0.25, -0.2) is 43.7 Å². The van der Waals surface area contributed by atoms with Crippen LogP contribution in [-0.4, -0.2) is 56.2 Å². The molecule has 0 aliphatic carbocycles. The normalized spacial score (nSPS) is 10.6. The van der Waals surface area contributed by atoms with Gasteiger partial charge in [0.05, 0.1) is 22.1 Å². The van der Waals surface area contributed by atoms with Crippen molar-refractivity contribution in [3.63, 3.8) is 0 Å². The van der Waals surface area contributed by atoms with Gasteiger partial charge in [-0.05, 0) is 58.5 Å². The molecule has 0 unspecified atom stereocenters. The first-order valence-corrected chi connectivity index (χ1v) is 18.7. The van der Waals surface area contributed by atoms with Gasteiger partial charge in [-0.3, -0.25) is 0 Å². The fraction of sp³-hybridized carbons (Fsp3) is 0.106. The summed E-state index contributed by atoms with van der Waals surface area (Å²) in [5.41, 5.74) is 2.27. The van der Waals surface area contributed by atoms with Gasteiger partial charge in [0.15, 0.2) is 0 Å². The Morgan fingerprint density at radius 2 is 0.581 bits per heavy atom. The number of hydrogen-bond donors (Lipinski definition) is 0. The Balaban J connectivity index is 1.06. The van der Waals surface area contributed by atoms with E-state index < -0.39 is 61.6 Å². The zero-order valence-corrected chi connectivity index (χ0v) is 32.8. The Hall–Kier alpha value is -8.46. The topological polar surface area (TPSA) is 185 Å². The summed E-state index contributed by atoms with van der Waals surface area (Å²) in [6, 6.07) is 46.2. The number of carbonyl (C=O) groups excluding carboxylic acids is 6. The van der Waals surface area contributed by atoms with Gasteiger partial charge in [-0.2, -0.15) is 14.4 Å². The third-order valence-corrected chi connectivity index (χ3v) is 8.87. The Kier molecular flexibility index (Phi) is 14.6. The lowest BCUT2D eigenvalue weighted by molar-refractivity contribution is -0.216. The van der Waals surface area contributed by atoms with Crippen LogP contribution < -0.4 is 0 Å². The number of hydrogen-bond acceptors (Lipinski definition) is 15. The zero-order valence-electron chi connectivity index (χ0n) is 32.8. The highest BCUT2D eigenvalue weighted by Gasteiger charge is 2.33. The molecule has 6 rings (SSSR count). The van der Waals surface area contributed by atoms with Crippen LogP contribution >= 0.6 is 0 Å². The van der Waals surface area contributed by atoms with E-state index in [0.29, 0.717) is 33.4 Å². The summed E-state index contributed by atoms with van der Waals surface area (Å²) in [7, 11) is 0. The highest BCUT2D eigenvalue weighted by atomic mass is 17.2. The molecule has 0 fully saturated rings. The van der Waals surface area contributed by atoms with Crippen LogP contribution in [0.5, 0.6) is 0 Å². The van der Waals surface area contributed by atoms with E-state index in [9.17, 15) is 28.8 Å². The van der Waals surface area contributed by atoms with Crippen molar-refractivity contribution in [1.29, 1.82) is 0 Å². The van der Waals surface area contributed by atoms with Crippen LogP contribution in [0.2, 0.25) is 0 Å². The zero-order chi connectivity index (χ0) is 43.7. The van der Waals surface area contributed by atoms with Crippen molar-refractivity contribution in [2.24, 2.45) is 5.41 Å². The molecule has 15 heteroatoms. The van der Waals surface area contributed by atoms with Crippen LogP contribution in [0.3, 0.4) is 0 Å². The van der Waals surface area contributed by atoms with Crippen LogP contribution in [0.25, 0.3) is 33.4 Å². The summed E-state index contributed by atoms with van der Waals surface area (Å²) < 4.78 is 15.4. The Labute approximate surface area is 354 Å². The molecular formula is C47H36O15. The Morgan fingerprint density at radius 1 is 0.339 bits per heavy atom. The average Bonchev–Trinajstić information content (AvgIpc) is 3.33. The van der Waals surface area contributed by atoms with E-state index in [1.165, 1.54) is 25.1 Å². The second kappa shape index (κ2) is 21.0. The number of ether oxygens (including phenoxy) is 3. The molecule has 0 atom stereocenters. The van der Waals surface area contributed by atoms with Crippen LogP contribution in [0.1, 0.15) is 38.0 Å². The summed E-state index contributed by atoms with van der Waals surface area (Å²) in [6.07, 6.45) is -4.49. The molecular weight excluding hydrogens is 805 g/mol. The van der Waals surface area contributed by atoms with Crippen molar-refractivity contribution in [3.05, 3.63) is 180 Å². The van der Waals surface area contributed by atoms with Gasteiger partial charge >= 0.3 is 36.4 Å². The molecule has 0 amide bonds. The average molecular weight is 841 g/mol. The maximum absolute atomic E-state index is 12.9. The number of rotatable bonds is 12. The van der Waals surface area contributed by atoms with Gasteiger partial charge in [0.25, 0.3) is 0 Å². The van der Waals surface area contributed by atoms with Crippen LogP contribution in [0.4, 0.5) is 14.4 Å². The van der Waals surface area contributed by atoms with Crippen LogP contribution in [0, 0.1) is 5.41 Å². The molecule has 0 N–H and O–H groups in total. The van der Waals surface area contributed by atoms with E-state index in [2.05, 4.69) is 14.7 Å². The minimum atomic E-state index is -1.62. The second-order valence-corrected chi connectivity index (χ2v) is 13.5. The molecule has 0 aliphatic rings. The predicted octanol–water partition coefficient (Wildman–Crippen LogP) is 9.77. The standard InChI is InChI=1S/C47H36O15/c1-47(29-54-44(51)60-57-41(48)38-26-14-11-23-35(38)32-17-5-2-6-18-32,30-55-45(52)61-58-42(49)39-27-15-12-24-36(39)33-19-7-3-8-20-33)31-56-46(53)62-59-43(50)40-28-16-13-25-37(40)34-21-9-4-10-22-34/h2-28H,29-31H2,1H3. The molecule has 6 aromatic carbocycles. The molecule has 0 aromatic heterocycles. The van der Waals surface area contributed by atoms with Gasteiger partial charge in [-0.15, -0.1) is 0 Å². The minimum Gasteiger partial charge on any atom is -0.431 e. The monoisotopic (exact) mass is 840 g/mol. The molecule has 0 spiro atoms. The van der Waals surface area contributed by atoms with E-state index in [1.807, 2.05) is 18.2 Å². The molecule has 0 heterocycles. The molecule has 15 nitrogen and oxygen atoms in total. The third kappa shape index (κ3) is 11.8. The summed E-state index contributed by atoms with van der Waals surface area (Å²) in [5.74, 6) is -3.03. The summed E-state index contributed by atoms with van der Waals surface area (Å²) in [5, 5.41) is 0. The third-order valence-electron chi connectivity index (χ3n) is 8.87. The molecule has 62 heavy (non-hydrogen) atoms. The summed E-state index contributed by atoms with van der Waals surface area (Å²) >= 11 is 0. The fourth-order valence-electron chi connectivity index (χ4n) is 5.84. The minimum absolute atomic E-state index is 0.0867. The van der Waals surface area contributed by atoms with E-state index in [-0.39, 0.29) is 16.7 Å². The van der Waals surface area contributed by atoms with Crippen molar-refractivity contribution in [2.45, 2.75) is 6.92 Å². The molecule has 0 radical (unpaired) electrons. The van der Waals surface area contributed by atoms with E-state index >= 15 is 0 Å². The predicted molar refractivity (Wildman–Crippen MR) is 217 cm³/mol. The molecule has 0 saturated heterocycles. The largest absolute Gasteiger partial charge is 0.549 e. The Morgan fingerprint density at radius 3 is 0.855 bits per heavy atom. The lowest BCUT2D eigenvalue weighted by atomic mass is 9.94. The molecule has 6 aromatic rings. The highest BCUT2D eigenvalue weighted by Crippen LogP contribution is 2.27. The van der Waals surface area contributed by atoms with Gasteiger partial charge in [0.1, 0.15) is 19.8 Å². The van der Waals surface area contributed by atoms with Crippen molar-refractivity contribution in [2.75, 3.05) is 19.8 Å². The van der Waals surface area contributed by atoms with Crippen molar-refractivity contribution >= 4 is 36.4 Å². The van der Waals surface area contributed by atoms with Gasteiger partial charge in [0.2, 0.25) is 0 Å². The summed E-state index contributed by atoms with van der Waals surface area (Å²) in [4.78, 5) is 105. The smallest absolute Gasteiger partial charge is 0.431 e. The number of carbonyl (C=O) groups is 6. The van der Waals surface area contributed by atoms with Gasteiger partial charge in [-0.1, -0.05) is 146 Å². The molecule has 314 valence electrons. The van der Waals surface area contributed by atoms with E-state index in [1.54, 1.807) is 127 Å². The number of benzene rings is 6. The second-order valence-electron chi connectivity index (χ2n) is 13.5. The maximum atomic E-state index is 12.9. The van der Waals surface area contributed by atoms with Crippen LogP contribution in [-0.2, 0) is 43.5 Å². The van der Waals surface area contributed by atoms with E-state index in [0.717, 1.165) is 0 Å². The quantitative estimate of drug-likeness (QED) is 0.0490. The van der Waals surface area contributed by atoms with Crippen molar-refractivity contribution in [3.8, 4) is 33.4 Å². The fourth-order valence-corrected chi connectivity index (χ4v) is 5.84. The van der Waals surface area contributed by atoms with E-state index in [4.69, 9.17) is 28.9 Å². The van der Waals surface area contributed by atoms with Gasteiger partial charge < -0.3 is 14.2 Å². The maximum Gasteiger partial charge on any atom is 0.549 e.